The van der Waals surface area contributed by atoms with E-state index < -0.39 is 0 Å². The minimum absolute atomic E-state index is 0.0130. The lowest BCUT2D eigenvalue weighted by Crippen LogP contribution is -2.44. The van der Waals surface area contributed by atoms with Gasteiger partial charge in [-0.25, -0.2) is 0 Å². The number of hydrogen-bond donors (Lipinski definition) is 1. The summed E-state index contributed by atoms with van der Waals surface area (Å²) in [6.45, 7) is 4.18. The van der Waals surface area contributed by atoms with Crippen molar-refractivity contribution in [2.24, 2.45) is 0 Å². The Balaban J connectivity index is 1.44. The van der Waals surface area contributed by atoms with E-state index in [9.17, 15) is 4.79 Å². The average Bonchev–Trinajstić information content (AvgIpc) is 2.74. The number of rotatable bonds is 4. The molecular weight excluding hydrogens is 334 g/mol. The SMILES string of the molecule is C[C@@H](C(=O)Nc1ccc(N2CCCCC2)cc1)[n+]1ccc2ccccc2c1. The fourth-order valence-electron chi connectivity index (χ4n) is 3.68. The maximum absolute atomic E-state index is 12.7. The molecular formula is C23H26N3O+. The molecule has 4 heteroatoms. The van der Waals surface area contributed by atoms with E-state index >= 15 is 0 Å². The van der Waals surface area contributed by atoms with E-state index in [0.717, 1.165) is 24.2 Å². The van der Waals surface area contributed by atoms with Crippen LogP contribution >= 0.6 is 0 Å². The highest BCUT2D eigenvalue weighted by molar-refractivity contribution is 5.92. The van der Waals surface area contributed by atoms with E-state index in [4.69, 9.17) is 0 Å². The molecule has 138 valence electrons. The van der Waals surface area contributed by atoms with Gasteiger partial charge in [-0.2, -0.15) is 4.57 Å². The van der Waals surface area contributed by atoms with Gasteiger partial charge in [-0.15, -0.1) is 0 Å². The monoisotopic (exact) mass is 360 g/mol. The lowest BCUT2D eigenvalue weighted by Gasteiger charge is -2.28. The van der Waals surface area contributed by atoms with Gasteiger partial charge in [-0.3, -0.25) is 4.79 Å². The van der Waals surface area contributed by atoms with Crippen molar-refractivity contribution in [3.05, 3.63) is 67.0 Å². The van der Waals surface area contributed by atoms with Crippen LogP contribution in [0.2, 0.25) is 0 Å². The van der Waals surface area contributed by atoms with Crippen LogP contribution in [0.4, 0.5) is 11.4 Å². The first-order valence-corrected chi connectivity index (χ1v) is 9.76. The Bertz CT molecular complexity index is 930. The maximum atomic E-state index is 12.7. The van der Waals surface area contributed by atoms with Crippen molar-refractivity contribution in [3.8, 4) is 0 Å². The average molecular weight is 360 g/mol. The lowest BCUT2D eigenvalue weighted by molar-refractivity contribution is -0.704. The van der Waals surface area contributed by atoms with E-state index in [1.165, 1.54) is 30.3 Å². The molecule has 2 aromatic carbocycles. The van der Waals surface area contributed by atoms with E-state index in [1.54, 1.807) is 0 Å². The first kappa shape index (κ1) is 17.5. The second-order valence-corrected chi connectivity index (χ2v) is 7.28. The predicted molar refractivity (Wildman–Crippen MR) is 110 cm³/mol. The first-order valence-electron chi connectivity index (χ1n) is 9.76. The van der Waals surface area contributed by atoms with Gasteiger partial charge in [0.25, 0.3) is 5.91 Å². The van der Waals surface area contributed by atoms with Gasteiger partial charge in [-0.05, 0) is 55.0 Å². The number of amides is 1. The molecule has 1 atom stereocenters. The molecule has 1 N–H and O–H groups in total. The lowest BCUT2D eigenvalue weighted by atomic mass is 10.1. The number of carbonyl (C=O) groups is 1. The molecule has 4 nitrogen and oxygen atoms in total. The summed E-state index contributed by atoms with van der Waals surface area (Å²) >= 11 is 0. The Morgan fingerprint density at radius 1 is 0.963 bits per heavy atom. The van der Waals surface area contributed by atoms with Gasteiger partial charge in [0.1, 0.15) is 0 Å². The molecule has 2 heterocycles. The zero-order valence-corrected chi connectivity index (χ0v) is 15.8. The van der Waals surface area contributed by atoms with Crippen LogP contribution in [0.1, 0.15) is 32.2 Å². The highest BCUT2D eigenvalue weighted by atomic mass is 16.2. The number of fused-ring (bicyclic) bond motifs is 1. The molecule has 1 aliphatic rings. The molecule has 0 aliphatic carbocycles. The van der Waals surface area contributed by atoms with Crippen molar-refractivity contribution < 1.29 is 9.36 Å². The van der Waals surface area contributed by atoms with E-state index in [2.05, 4.69) is 34.5 Å². The molecule has 1 amide bonds. The normalized spacial score (nSPS) is 15.5. The predicted octanol–water partition coefficient (Wildman–Crippen LogP) is 4.32. The van der Waals surface area contributed by atoms with Gasteiger partial charge in [0.15, 0.2) is 12.4 Å². The van der Waals surface area contributed by atoms with Crippen molar-refractivity contribution in [2.45, 2.75) is 32.2 Å². The highest BCUT2D eigenvalue weighted by Gasteiger charge is 2.22. The zero-order valence-electron chi connectivity index (χ0n) is 15.8. The Hall–Kier alpha value is -2.88. The first-order chi connectivity index (χ1) is 13.2. The summed E-state index contributed by atoms with van der Waals surface area (Å²) in [5, 5.41) is 5.35. The Kier molecular flexibility index (Phi) is 5.05. The van der Waals surface area contributed by atoms with Crippen molar-refractivity contribution in [2.75, 3.05) is 23.3 Å². The van der Waals surface area contributed by atoms with E-state index in [-0.39, 0.29) is 11.9 Å². The molecule has 27 heavy (non-hydrogen) atoms. The van der Waals surface area contributed by atoms with Gasteiger partial charge in [0, 0.05) is 42.8 Å². The summed E-state index contributed by atoms with van der Waals surface area (Å²) in [6, 6.07) is 18.2. The van der Waals surface area contributed by atoms with Gasteiger partial charge in [0.05, 0.1) is 0 Å². The van der Waals surface area contributed by atoms with Crippen molar-refractivity contribution in [1.82, 2.24) is 0 Å². The number of nitrogens with one attached hydrogen (secondary N) is 1. The van der Waals surface area contributed by atoms with Crippen LogP contribution in [-0.2, 0) is 4.79 Å². The molecule has 1 aliphatic heterocycles. The van der Waals surface area contributed by atoms with Gasteiger partial charge in [-0.1, -0.05) is 18.2 Å². The molecule has 1 saturated heterocycles. The van der Waals surface area contributed by atoms with Gasteiger partial charge < -0.3 is 10.2 Å². The third-order valence-corrected chi connectivity index (χ3v) is 5.39. The fraction of sp³-hybridized carbons (Fsp3) is 0.304. The Morgan fingerprint density at radius 3 is 2.41 bits per heavy atom. The molecule has 0 spiro atoms. The summed E-state index contributed by atoms with van der Waals surface area (Å²) in [5.41, 5.74) is 2.08. The summed E-state index contributed by atoms with van der Waals surface area (Å²) < 4.78 is 1.96. The standard InChI is InChI=1S/C23H25N3O/c1-18(26-16-13-19-7-3-4-8-20(19)17-26)23(27)24-21-9-11-22(12-10-21)25-14-5-2-6-15-25/h3-4,7-13,16-18H,2,5-6,14-15H2,1H3/p+1/t18-/m0/s1. The number of hydrogen-bond acceptors (Lipinski definition) is 2. The van der Waals surface area contributed by atoms with E-state index in [0.29, 0.717) is 0 Å². The second kappa shape index (κ2) is 7.78. The number of nitrogens with zero attached hydrogens (tertiary/aromatic N) is 2. The number of carbonyl (C=O) groups excluding carboxylic acids is 1. The minimum Gasteiger partial charge on any atom is -0.372 e. The van der Waals surface area contributed by atoms with E-state index in [1.807, 2.05) is 54.2 Å². The van der Waals surface area contributed by atoms with Crippen LogP contribution in [0.25, 0.3) is 10.8 Å². The summed E-state index contributed by atoms with van der Waals surface area (Å²) in [4.78, 5) is 15.1. The third-order valence-electron chi connectivity index (χ3n) is 5.39. The maximum Gasteiger partial charge on any atom is 0.293 e. The number of piperidine rings is 1. The van der Waals surface area contributed by atoms with Crippen LogP contribution in [0.3, 0.4) is 0 Å². The van der Waals surface area contributed by atoms with Crippen molar-refractivity contribution in [3.63, 3.8) is 0 Å². The van der Waals surface area contributed by atoms with Crippen LogP contribution in [0.15, 0.2) is 67.0 Å². The molecule has 0 unspecified atom stereocenters. The molecule has 3 aromatic rings. The fourth-order valence-corrected chi connectivity index (χ4v) is 3.68. The largest absolute Gasteiger partial charge is 0.372 e. The van der Waals surface area contributed by atoms with Gasteiger partial charge in [0.2, 0.25) is 6.04 Å². The molecule has 0 bridgehead atoms. The Labute approximate surface area is 160 Å². The smallest absolute Gasteiger partial charge is 0.293 e. The highest BCUT2D eigenvalue weighted by Crippen LogP contribution is 2.22. The van der Waals surface area contributed by atoms with Crippen LogP contribution in [0.5, 0.6) is 0 Å². The molecule has 1 fully saturated rings. The zero-order chi connectivity index (χ0) is 18.6. The number of benzene rings is 2. The quantitative estimate of drug-likeness (QED) is 0.704. The molecule has 0 radical (unpaired) electrons. The molecule has 4 rings (SSSR count). The topological polar surface area (TPSA) is 36.2 Å². The number of anilines is 2. The number of aromatic nitrogens is 1. The van der Waals surface area contributed by atoms with Crippen LogP contribution in [0, 0.1) is 0 Å². The van der Waals surface area contributed by atoms with Crippen molar-refractivity contribution in [1.29, 1.82) is 0 Å². The Morgan fingerprint density at radius 2 is 1.67 bits per heavy atom. The van der Waals surface area contributed by atoms with Gasteiger partial charge >= 0.3 is 0 Å². The van der Waals surface area contributed by atoms with Crippen LogP contribution < -0.4 is 14.8 Å². The summed E-state index contributed by atoms with van der Waals surface area (Å²) in [5.74, 6) is -0.0130. The number of pyridine rings is 1. The minimum atomic E-state index is -0.281. The van der Waals surface area contributed by atoms with Crippen molar-refractivity contribution >= 4 is 28.1 Å². The summed E-state index contributed by atoms with van der Waals surface area (Å²) in [6.07, 6.45) is 7.85. The summed E-state index contributed by atoms with van der Waals surface area (Å²) in [7, 11) is 0. The van der Waals surface area contributed by atoms with Crippen LogP contribution in [-0.4, -0.2) is 19.0 Å². The molecule has 0 saturated carbocycles. The third kappa shape index (κ3) is 3.95. The molecule has 1 aromatic heterocycles. The second-order valence-electron chi connectivity index (χ2n) is 7.28.